The lowest BCUT2D eigenvalue weighted by molar-refractivity contribution is 0.0935. The van der Waals surface area contributed by atoms with E-state index >= 15 is 0 Å². The van der Waals surface area contributed by atoms with Gasteiger partial charge in [0, 0.05) is 25.7 Å². The van der Waals surface area contributed by atoms with Crippen LogP contribution >= 0.6 is 46.4 Å². The molecule has 0 amide bonds. The van der Waals surface area contributed by atoms with Crippen molar-refractivity contribution in [2.75, 3.05) is 0 Å². The van der Waals surface area contributed by atoms with Crippen molar-refractivity contribution in [2.45, 2.75) is 5.41 Å². The first-order valence-electron chi connectivity index (χ1n) is 9.50. The first kappa shape index (κ1) is 21.9. The van der Waals surface area contributed by atoms with E-state index in [-0.39, 0.29) is 5.78 Å². The van der Waals surface area contributed by atoms with Crippen LogP contribution in [0.1, 0.15) is 27.0 Å². The second-order valence-electron chi connectivity index (χ2n) is 7.11. The molecular weight excluding hydrogens is 470 g/mol. The summed E-state index contributed by atoms with van der Waals surface area (Å²) in [6.45, 7) is 0. The topological polar surface area (TPSA) is 17.1 Å². The molecule has 0 N–H and O–H groups in total. The highest BCUT2D eigenvalue weighted by molar-refractivity contribution is 6.31. The lowest BCUT2D eigenvalue weighted by atomic mass is 9.65. The highest BCUT2D eigenvalue weighted by atomic mass is 35.5. The van der Waals surface area contributed by atoms with Crippen LogP contribution in [-0.4, -0.2) is 5.78 Å². The van der Waals surface area contributed by atoms with E-state index in [2.05, 4.69) is 0 Å². The highest BCUT2D eigenvalue weighted by Crippen LogP contribution is 2.43. The number of rotatable bonds is 5. The van der Waals surface area contributed by atoms with Crippen molar-refractivity contribution in [1.29, 1.82) is 0 Å². The van der Waals surface area contributed by atoms with Gasteiger partial charge in [0.1, 0.15) is 5.41 Å². The number of Topliss-reactive ketones (excluding diaryl/α,β-unsaturated/α-hetero) is 1. The fourth-order valence-electron chi connectivity index (χ4n) is 3.81. The maximum Gasteiger partial charge on any atom is 0.182 e. The summed E-state index contributed by atoms with van der Waals surface area (Å²) in [5.74, 6) is -0.101. The molecule has 154 valence electrons. The van der Waals surface area contributed by atoms with Gasteiger partial charge < -0.3 is 0 Å². The van der Waals surface area contributed by atoms with E-state index in [4.69, 9.17) is 46.4 Å². The van der Waals surface area contributed by atoms with Gasteiger partial charge in [-0.25, -0.2) is 0 Å². The predicted molar refractivity (Wildman–Crippen MR) is 130 cm³/mol. The van der Waals surface area contributed by atoms with Crippen molar-refractivity contribution in [3.05, 3.63) is 139 Å². The van der Waals surface area contributed by atoms with Crippen molar-refractivity contribution in [1.82, 2.24) is 0 Å². The molecule has 0 aliphatic rings. The Bertz CT molecular complexity index is 1090. The average Bonchev–Trinajstić information content (AvgIpc) is 2.78. The van der Waals surface area contributed by atoms with Crippen LogP contribution in [0.25, 0.3) is 0 Å². The third-order valence-electron chi connectivity index (χ3n) is 5.28. The number of carbonyl (C=O) groups excluding carboxylic acids is 1. The molecule has 0 saturated heterocycles. The Morgan fingerprint density at radius 3 is 1.00 bits per heavy atom. The van der Waals surface area contributed by atoms with Gasteiger partial charge in [0.05, 0.1) is 0 Å². The highest BCUT2D eigenvalue weighted by Gasteiger charge is 2.44. The van der Waals surface area contributed by atoms with E-state index in [1.807, 2.05) is 36.4 Å². The summed E-state index contributed by atoms with van der Waals surface area (Å²) in [6, 6.07) is 28.9. The molecule has 4 rings (SSSR count). The van der Waals surface area contributed by atoms with Gasteiger partial charge in [0.2, 0.25) is 0 Å². The first-order chi connectivity index (χ1) is 14.9. The summed E-state index contributed by atoms with van der Waals surface area (Å²) < 4.78 is 0. The van der Waals surface area contributed by atoms with Crippen molar-refractivity contribution in [2.24, 2.45) is 0 Å². The van der Waals surface area contributed by atoms with Crippen LogP contribution in [0.3, 0.4) is 0 Å². The van der Waals surface area contributed by atoms with Gasteiger partial charge in [-0.05, 0) is 77.4 Å². The Balaban J connectivity index is 2.08. The minimum atomic E-state index is -1.15. The maximum atomic E-state index is 14.3. The van der Waals surface area contributed by atoms with Gasteiger partial charge >= 0.3 is 0 Å². The van der Waals surface area contributed by atoms with E-state index in [9.17, 15) is 4.79 Å². The molecule has 4 aromatic rings. The van der Waals surface area contributed by atoms with Crippen molar-refractivity contribution in [3.63, 3.8) is 0 Å². The lowest BCUT2D eigenvalue weighted by Gasteiger charge is -2.35. The third-order valence-corrected chi connectivity index (χ3v) is 6.29. The monoisotopic (exact) mass is 484 g/mol. The molecule has 4 aromatic carbocycles. The third kappa shape index (κ3) is 4.24. The predicted octanol–water partition coefficient (Wildman–Crippen LogP) is 8.52. The van der Waals surface area contributed by atoms with Gasteiger partial charge in [-0.3, -0.25) is 4.79 Å². The molecule has 0 spiro atoms. The minimum absolute atomic E-state index is 0.101. The first-order valence-corrected chi connectivity index (χ1v) is 11.0. The number of halogens is 4. The van der Waals surface area contributed by atoms with Gasteiger partial charge in [-0.2, -0.15) is 0 Å². The van der Waals surface area contributed by atoms with Gasteiger partial charge in [0.15, 0.2) is 5.78 Å². The molecule has 1 nitrogen and oxygen atoms in total. The van der Waals surface area contributed by atoms with Crippen LogP contribution in [0.2, 0.25) is 20.1 Å². The summed E-state index contributed by atoms with van der Waals surface area (Å²) in [6.07, 6.45) is 0. The zero-order valence-corrected chi connectivity index (χ0v) is 19.2. The van der Waals surface area contributed by atoms with E-state index in [1.165, 1.54) is 0 Å². The summed E-state index contributed by atoms with van der Waals surface area (Å²) >= 11 is 24.6. The van der Waals surface area contributed by atoms with E-state index < -0.39 is 5.41 Å². The van der Waals surface area contributed by atoms with Crippen LogP contribution in [0.4, 0.5) is 0 Å². The molecule has 31 heavy (non-hydrogen) atoms. The zero-order chi connectivity index (χ0) is 22.0. The Morgan fingerprint density at radius 1 is 0.452 bits per heavy atom. The summed E-state index contributed by atoms with van der Waals surface area (Å²) in [5, 5.41) is 2.32. The molecule has 0 aliphatic heterocycles. The lowest BCUT2D eigenvalue weighted by Crippen LogP contribution is -2.38. The Kier molecular flexibility index (Phi) is 6.41. The zero-order valence-electron chi connectivity index (χ0n) is 16.2. The Hall–Kier alpha value is -2.29. The molecule has 0 saturated carbocycles. The summed E-state index contributed by atoms with van der Waals surface area (Å²) in [5.41, 5.74) is 1.72. The molecule has 0 fully saturated rings. The van der Waals surface area contributed by atoms with Crippen LogP contribution in [-0.2, 0) is 5.41 Å². The normalized spacial score (nSPS) is 11.4. The molecule has 0 aromatic heterocycles. The molecule has 0 atom stereocenters. The van der Waals surface area contributed by atoms with Crippen LogP contribution in [0.15, 0.2) is 97.1 Å². The number of carbonyl (C=O) groups is 1. The average molecular weight is 486 g/mol. The van der Waals surface area contributed by atoms with Gasteiger partial charge in [-0.15, -0.1) is 0 Å². The molecular formula is C26H16Cl4O. The van der Waals surface area contributed by atoms with Gasteiger partial charge in [0.25, 0.3) is 0 Å². The van der Waals surface area contributed by atoms with Crippen molar-refractivity contribution < 1.29 is 4.79 Å². The van der Waals surface area contributed by atoms with Crippen molar-refractivity contribution >= 4 is 52.2 Å². The molecule has 0 heterocycles. The SMILES string of the molecule is O=C(c1ccc(Cl)cc1)C(c1ccc(Cl)cc1)(c1ccc(Cl)cc1)c1ccc(Cl)cc1. The Morgan fingerprint density at radius 2 is 0.710 bits per heavy atom. The largest absolute Gasteiger partial charge is 0.292 e. The quantitative estimate of drug-likeness (QED) is 0.204. The fourth-order valence-corrected chi connectivity index (χ4v) is 4.31. The standard InChI is InChI=1S/C26H16Cl4O/c27-21-9-1-17(2-10-21)25(31)26(18-3-11-22(28)12-4-18,19-5-13-23(29)14-6-19)20-7-15-24(30)16-8-20/h1-16H. The minimum Gasteiger partial charge on any atom is -0.292 e. The van der Waals surface area contributed by atoms with Gasteiger partial charge in [-0.1, -0.05) is 82.8 Å². The molecule has 0 bridgehead atoms. The maximum absolute atomic E-state index is 14.3. The van der Waals surface area contributed by atoms with Crippen LogP contribution in [0.5, 0.6) is 0 Å². The second kappa shape index (κ2) is 9.06. The Labute approximate surface area is 201 Å². The van der Waals surface area contributed by atoms with Crippen LogP contribution < -0.4 is 0 Å². The molecule has 0 radical (unpaired) electrons. The molecule has 0 aliphatic carbocycles. The van der Waals surface area contributed by atoms with Crippen molar-refractivity contribution in [3.8, 4) is 0 Å². The van der Waals surface area contributed by atoms with E-state index in [0.29, 0.717) is 25.7 Å². The number of hydrogen-bond acceptors (Lipinski definition) is 1. The summed E-state index contributed by atoms with van der Waals surface area (Å²) in [7, 11) is 0. The smallest absolute Gasteiger partial charge is 0.182 e. The fraction of sp³-hybridized carbons (Fsp3) is 0.0385. The molecule has 0 unspecified atom stereocenters. The second-order valence-corrected chi connectivity index (χ2v) is 8.85. The number of benzene rings is 4. The van der Waals surface area contributed by atoms with E-state index in [1.54, 1.807) is 60.7 Å². The van der Waals surface area contributed by atoms with E-state index in [0.717, 1.165) is 16.7 Å². The van der Waals surface area contributed by atoms with Crippen LogP contribution in [0, 0.1) is 0 Å². The molecule has 5 heteroatoms. The number of hydrogen-bond donors (Lipinski definition) is 0. The summed E-state index contributed by atoms with van der Waals surface area (Å²) in [4.78, 5) is 14.3. The number of ketones is 1.